The van der Waals surface area contributed by atoms with Gasteiger partial charge in [0.15, 0.2) is 0 Å². The van der Waals surface area contributed by atoms with Crippen LogP contribution in [0.25, 0.3) is 0 Å². The van der Waals surface area contributed by atoms with Crippen LogP contribution in [0.15, 0.2) is 36.5 Å². The normalized spacial score (nSPS) is 9.50. The number of alkyl halides is 3. The van der Waals surface area contributed by atoms with Crippen LogP contribution >= 0.6 is 0 Å². The molecule has 2 aromatic rings. The molecule has 1 aromatic carbocycles. The fourth-order valence-electron chi connectivity index (χ4n) is 1.40. The number of nitrogens with two attached hydrogens (primary N) is 1. The molecule has 1 heterocycles. The maximum atomic E-state index is 12.7. The van der Waals surface area contributed by atoms with Gasteiger partial charge in [-0.15, -0.1) is 0 Å². The van der Waals surface area contributed by atoms with Gasteiger partial charge in [-0.25, -0.2) is 9.37 Å². The molecule has 0 saturated carbocycles. The van der Waals surface area contributed by atoms with Crippen LogP contribution in [0, 0.1) is 17.7 Å². The second-order valence-electron chi connectivity index (χ2n) is 3.91. The zero-order valence-electron chi connectivity index (χ0n) is 14.0. The molecule has 2 N–H and O–H groups in total. The van der Waals surface area contributed by atoms with Crippen LogP contribution < -0.4 is 5.73 Å². The molecule has 0 aliphatic heterocycles. The number of aromatic nitrogens is 1. The summed E-state index contributed by atoms with van der Waals surface area (Å²) in [4.78, 5) is 3.47. The summed E-state index contributed by atoms with van der Waals surface area (Å²) in [5.41, 5.74) is 5.00. The number of rotatable bonds is 0. The smallest absolute Gasteiger partial charge is 0.383 e. The predicted molar refractivity (Wildman–Crippen MR) is 88.7 cm³/mol. The molecular weight excluding hydrogens is 320 g/mol. The number of hydrogen-bond donors (Lipinski definition) is 1. The van der Waals surface area contributed by atoms with Crippen molar-refractivity contribution in [1.82, 2.24) is 4.98 Å². The van der Waals surface area contributed by atoms with E-state index in [-0.39, 0.29) is 11.4 Å². The number of nitrogens with zero attached hydrogens (tertiary/aromatic N) is 1. The lowest BCUT2D eigenvalue weighted by molar-refractivity contribution is -0.137. The van der Waals surface area contributed by atoms with Crippen molar-refractivity contribution in [3.8, 4) is 11.8 Å². The highest BCUT2D eigenvalue weighted by Gasteiger charge is 2.31. The summed E-state index contributed by atoms with van der Waals surface area (Å²) in [6.07, 6.45) is -3.86. The van der Waals surface area contributed by atoms with Crippen molar-refractivity contribution in [2.24, 2.45) is 0 Å². The Morgan fingerprint density at radius 1 is 0.958 bits per heavy atom. The maximum absolute atomic E-state index is 12.7. The van der Waals surface area contributed by atoms with Gasteiger partial charge < -0.3 is 5.73 Å². The molecular formula is C18H20F4N2. The van der Waals surface area contributed by atoms with E-state index in [4.69, 9.17) is 5.73 Å². The Kier molecular flexibility index (Phi) is 9.18. The van der Waals surface area contributed by atoms with E-state index in [1.54, 1.807) is 0 Å². The van der Waals surface area contributed by atoms with Crippen molar-refractivity contribution >= 4 is 5.82 Å². The molecule has 0 atom stereocenters. The van der Waals surface area contributed by atoms with Crippen LogP contribution in [0.4, 0.5) is 23.4 Å². The molecule has 1 aromatic heterocycles. The number of pyridine rings is 1. The number of nitrogen functional groups attached to an aromatic ring is 1. The summed E-state index contributed by atoms with van der Waals surface area (Å²) < 4.78 is 50.3. The van der Waals surface area contributed by atoms with Gasteiger partial charge >= 0.3 is 6.18 Å². The summed E-state index contributed by atoms with van der Waals surface area (Å²) in [7, 11) is 0. The molecule has 130 valence electrons. The molecule has 0 saturated heterocycles. The molecule has 0 radical (unpaired) electrons. The predicted octanol–water partition coefficient (Wildman–Crippen LogP) is 5.27. The first-order valence-corrected chi connectivity index (χ1v) is 7.46. The molecule has 6 heteroatoms. The zero-order chi connectivity index (χ0) is 18.8. The van der Waals surface area contributed by atoms with E-state index in [1.807, 2.05) is 27.7 Å². The molecule has 24 heavy (non-hydrogen) atoms. The van der Waals surface area contributed by atoms with E-state index in [0.717, 1.165) is 6.07 Å². The number of benzene rings is 1. The first kappa shape index (κ1) is 21.4. The molecule has 0 bridgehead atoms. The van der Waals surface area contributed by atoms with Gasteiger partial charge in [-0.2, -0.15) is 13.2 Å². The molecule has 0 spiro atoms. The first-order valence-electron chi connectivity index (χ1n) is 7.46. The Morgan fingerprint density at radius 2 is 1.50 bits per heavy atom. The Balaban J connectivity index is 0.00000123. The van der Waals surface area contributed by atoms with E-state index in [2.05, 4.69) is 16.8 Å². The standard InChI is InChI=1S/C14H8F4N2.2C2H6/c15-12-5-2-9(3-6-12)1-4-10-7-11(14(16,17)18)8-20-13(10)19;2*1-2/h2-3,5-8H,(H2,19,20);2*1-2H3. The molecule has 0 unspecified atom stereocenters. The molecule has 0 amide bonds. The quantitative estimate of drug-likeness (QED) is 0.524. The van der Waals surface area contributed by atoms with Crippen molar-refractivity contribution in [2.45, 2.75) is 33.9 Å². The second kappa shape index (κ2) is 10.3. The van der Waals surface area contributed by atoms with Crippen LogP contribution in [-0.4, -0.2) is 4.98 Å². The zero-order valence-corrected chi connectivity index (χ0v) is 14.0. The fourth-order valence-corrected chi connectivity index (χ4v) is 1.40. The molecule has 2 rings (SSSR count). The molecule has 0 fully saturated rings. The Hall–Kier alpha value is -2.55. The molecule has 0 aliphatic rings. The second-order valence-corrected chi connectivity index (χ2v) is 3.91. The third-order valence-electron chi connectivity index (χ3n) is 2.43. The third-order valence-corrected chi connectivity index (χ3v) is 2.43. The lowest BCUT2D eigenvalue weighted by Gasteiger charge is -2.07. The number of halogens is 4. The van der Waals surface area contributed by atoms with Gasteiger partial charge in [0.2, 0.25) is 0 Å². The van der Waals surface area contributed by atoms with Crippen LogP contribution in [-0.2, 0) is 6.18 Å². The summed E-state index contributed by atoms with van der Waals surface area (Å²) in [5.74, 6) is 4.59. The van der Waals surface area contributed by atoms with Crippen LogP contribution in [0.3, 0.4) is 0 Å². The minimum Gasteiger partial charge on any atom is -0.383 e. The summed E-state index contributed by atoms with van der Waals surface area (Å²) in [6.45, 7) is 8.00. The van der Waals surface area contributed by atoms with Crippen molar-refractivity contribution in [2.75, 3.05) is 5.73 Å². The lowest BCUT2D eigenvalue weighted by Crippen LogP contribution is -2.07. The Bertz CT molecular complexity index is 681. The monoisotopic (exact) mass is 340 g/mol. The van der Waals surface area contributed by atoms with Gasteiger partial charge in [0.1, 0.15) is 11.6 Å². The van der Waals surface area contributed by atoms with E-state index in [1.165, 1.54) is 24.3 Å². The van der Waals surface area contributed by atoms with Gasteiger partial charge in [-0.3, -0.25) is 0 Å². The van der Waals surface area contributed by atoms with Crippen molar-refractivity contribution in [1.29, 1.82) is 0 Å². The fraction of sp³-hybridized carbons (Fsp3) is 0.278. The van der Waals surface area contributed by atoms with Crippen LogP contribution in [0.5, 0.6) is 0 Å². The van der Waals surface area contributed by atoms with Crippen molar-refractivity contribution in [3.63, 3.8) is 0 Å². The van der Waals surface area contributed by atoms with E-state index in [0.29, 0.717) is 11.8 Å². The van der Waals surface area contributed by atoms with Gasteiger partial charge in [-0.05, 0) is 30.3 Å². The minimum absolute atomic E-state index is 0.0239. The largest absolute Gasteiger partial charge is 0.417 e. The van der Waals surface area contributed by atoms with E-state index >= 15 is 0 Å². The van der Waals surface area contributed by atoms with Crippen LogP contribution in [0.2, 0.25) is 0 Å². The third kappa shape index (κ3) is 6.69. The molecule has 2 nitrogen and oxygen atoms in total. The topological polar surface area (TPSA) is 38.9 Å². The Labute approximate surface area is 139 Å². The number of hydrogen-bond acceptors (Lipinski definition) is 2. The number of anilines is 1. The van der Waals surface area contributed by atoms with E-state index in [9.17, 15) is 17.6 Å². The van der Waals surface area contributed by atoms with Gasteiger partial charge in [-0.1, -0.05) is 39.5 Å². The minimum atomic E-state index is -4.51. The summed E-state index contributed by atoms with van der Waals surface area (Å²) in [5, 5.41) is 0. The van der Waals surface area contributed by atoms with Gasteiger partial charge in [0.05, 0.1) is 11.1 Å². The highest BCUT2D eigenvalue weighted by molar-refractivity contribution is 5.54. The average Bonchev–Trinajstić information content (AvgIpc) is 2.58. The van der Waals surface area contributed by atoms with E-state index < -0.39 is 17.6 Å². The van der Waals surface area contributed by atoms with Gasteiger partial charge in [0, 0.05) is 11.8 Å². The highest BCUT2D eigenvalue weighted by atomic mass is 19.4. The van der Waals surface area contributed by atoms with Gasteiger partial charge in [0.25, 0.3) is 0 Å². The first-order chi connectivity index (χ1) is 11.4. The van der Waals surface area contributed by atoms with Crippen molar-refractivity contribution in [3.05, 3.63) is 59.0 Å². The average molecular weight is 340 g/mol. The maximum Gasteiger partial charge on any atom is 0.417 e. The Morgan fingerprint density at radius 3 is 2.00 bits per heavy atom. The summed E-state index contributed by atoms with van der Waals surface area (Å²) >= 11 is 0. The molecule has 0 aliphatic carbocycles. The lowest BCUT2D eigenvalue weighted by atomic mass is 10.1. The van der Waals surface area contributed by atoms with Crippen molar-refractivity contribution < 1.29 is 17.6 Å². The van der Waals surface area contributed by atoms with Crippen LogP contribution in [0.1, 0.15) is 44.4 Å². The summed E-state index contributed by atoms with van der Waals surface area (Å²) in [6, 6.07) is 6.08. The SMILES string of the molecule is CC.CC.Nc1ncc(C(F)(F)F)cc1C#Cc1ccc(F)cc1. The highest BCUT2D eigenvalue weighted by Crippen LogP contribution is 2.29.